The van der Waals surface area contributed by atoms with Crippen molar-refractivity contribution in [2.75, 3.05) is 13.1 Å². The first-order valence-electron chi connectivity index (χ1n) is 12.2. The molecule has 9 nitrogen and oxygen atoms in total. The fourth-order valence-electron chi connectivity index (χ4n) is 5.22. The van der Waals surface area contributed by atoms with Crippen LogP contribution in [-0.4, -0.2) is 47.1 Å². The molecule has 39 heavy (non-hydrogen) atoms. The Bertz CT molecular complexity index is 1820. The molecule has 1 N–H and O–H groups in total. The molecule has 0 bridgehead atoms. The number of nitrogens with one attached hydrogen (secondary N) is 1. The quantitative estimate of drug-likeness (QED) is 0.346. The fourth-order valence-corrected chi connectivity index (χ4v) is 5.45. The van der Waals surface area contributed by atoms with Crippen molar-refractivity contribution in [3.8, 4) is 11.3 Å². The van der Waals surface area contributed by atoms with E-state index < -0.39 is 22.9 Å². The highest BCUT2D eigenvalue weighted by atomic mass is 35.5. The van der Waals surface area contributed by atoms with Gasteiger partial charge in [-0.2, -0.15) is 9.49 Å². The molecule has 1 aliphatic rings. The highest BCUT2D eigenvalue weighted by molar-refractivity contribution is 6.32. The summed E-state index contributed by atoms with van der Waals surface area (Å²) in [6.07, 6.45) is 5.22. The molecule has 1 aromatic carbocycles. The van der Waals surface area contributed by atoms with Gasteiger partial charge in [0.2, 0.25) is 5.95 Å². The van der Waals surface area contributed by atoms with E-state index in [1.165, 1.54) is 36.3 Å². The minimum Gasteiger partial charge on any atom is -0.344 e. The molecule has 6 rings (SSSR count). The van der Waals surface area contributed by atoms with Gasteiger partial charge in [0.25, 0.3) is 5.56 Å². The van der Waals surface area contributed by atoms with Crippen molar-refractivity contribution in [2.45, 2.75) is 31.6 Å². The second kappa shape index (κ2) is 10.2. The van der Waals surface area contributed by atoms with E-state index in [1.54, 1.807) is 12.1 Å². The Hall–Kier alpha value is -3.54. The van der Waals surface area contributed by atoms with E-state index in [9.17, 15) is 9.59 Å². The van der Waals surface area contributed by atoms with E-state index in [0.29, 0.717) is 47.7 Å². The molecule has 1 aliphatic heterocycles. The van der Waals surface area contributed by atoms with Crippen molar-refractivity contribution in [3.63, 3.8) is 0 Å². The smallest absolute Gasteiger partial charge is 0.331 e. The van der Waals surface area contributed by atoms with Crippen LogP contribution in [0.5, 0.6) is 0 Å². The number of alkyl halides is 1. The summed E-state index contributed by atoms with van der Waals surface area (Å²) in [7, 11) is 1.51. The summed E-state index contributed by atoms with van der Waals surface area (Å²) >= 11 is 6.46. The number of rotatable bonds is 5. The molecule has 0 unspecified atom stereocenters. The first kappa shape index (κ1) is 27.0. The summed E-state index contributed by atoms with van der Waals surface area (Å²) in [6, 6.07) is 8.15. The Morgan fingerprint density at radius 2 is 1.90 bits per heavy atom. The molecular formula is C26H25Cl2F2N7O2. The predicted molar refractivity (Wildman–Crippen MR) is 147 cm³/mol. The molecule has 204 valence electrons. The maximum atomic E-state index is 15.7. The average molecular weight is 576 g/mol. The third kappa shape index (κ3) is 4.75. The van der Waals surface area contributed by atoms with Crippen LogP contribution in [0.3, 0.4) is 0 Å². The van der Waals surface area contributed by atoms with Gasteiger partial charge in [-0.05, 0) is 50.2 Å². The summed E-state index contributed by atoms with van der Waals surface area (Å²) < 4.78 is 36.3. The first-order chi connectivity index (χ1) is 18.2. The molecule has 4 aromatic heterocycles. The van der Waals surface area contributed by atoms with E-state index in [1.807, 2.05) is 16.8 Å². The second-order valence-electron chi connectivity index (χ2n) is 9.74. The zero-order chi connectivity index (χ0) is 26.6. The third-order valence-electron chi connectivity index (χ3n) is 7.19. The van der Waals surface area contributed by atoms with Gasteiger partial charge in [-0.15, -0.1) is 12.4 Å². The van der Waals surface area contributed by atoms with Gasteiger partial charge in [-0.1, -0.05) is 11.6 Å². The van der Waals surface area contributed by atoms with Crippen LogP contribution >= 0.6 is 24.0 Å². The van der Waals surface area contributed by atoms with E-state index in [4.69, 9.17) is 11.6 Å². The van der Waals surface area contributed by atoms with Gasteiger partial charge < -0.3 is 14.5 Å². The van der Waals surface area contributed by atoms with Crippen molar-refractivity contribution in [3.05, 3.63) is 86.4 Å². The minimum atomic E-state index is -1.36. The van der Waals surface area contributed by atoms with Crippen LogP contribution in [0.25, 0.3) is 27.7 Å². The molecular weight excluding hydrogens is 551 g/mol. The van der Waals surface area contributed by atoms with Crippen LogP contribution < -0.4 is 16.6 Å². The Balaban J connectivity index is 0.00000308. The number of benzene rings is 1. The fraction of sp³-hybridized carbons (Fsp3) is 0.308. The highest BCUT2D eigenvalue weighted by Crippen LogP contribution is 2.36. The summed E-state index contributed by atoms with van der Waals surface area (Å²) in [5.41, 5.74) is -0.326. The van der Waals surface area contributed by atoms with Crippen molar-refractivity contribution in [1.82, 2.24) is 33.6 Å². The Morgan fingerprint density at radius 3 is 2.67 bits per heavy atom. The molecule has 0 amide bonds. The molecule has 1 fully saturated rings. The molecule has 1 saturated heterocycles. The van der Waals surface area contributed by atoms with Crippen molar-refractivity contribution >= 4 is 40.4 Å². The van der Waals surface area contributed by atoms with Crippen molar-refractivity contribution in [1.29, 1.82) is 0 Å². The van der Waals surface area contributed by atoms with Crippen molar-refractivity contribution in [2.24, 2.45) is 7.05 Å². The summed E-state index contributed by atoms with van der Waals surface area (Å²) in [4.78, 5) is 29.3. The zero-order valence-electron chi connectivity index (χ0n) is 20.9. The number of aromatic nitrogens is 6. The summed E-state index contributed by atoms with van der Waals surface area (Å²) in [6.45, 7) is 1.11. The second-order valence-corrected chi connectivity index (χ2v) is 10.2. The SMILES string of the molecule is Cl.Cn1ccc(=O)n(Cc2cc3c(-c4cc(Cl)cc5ccn(CC6(F)CCNCC6)c45)ncnn3c2F)c1=O. The van der Waals surface area contributed by atoms with E-state index in [0.717, 1.165) is 20.0 Å². The van der Waals surface area contributed by atoms with Gasteiger partial charge in [0.15, 0.2) is 0 Å². The largest absolute Gasteiger partial charge is 0.344 e. The molecule has 0 radical (unpaired) electrons. The molecule has 0 atom stereocenters. The Morgan fingerprint density at radius 1 is 1.13 bits per heavy atom. The summed E-state index contributed by atoms with van der Waals surface area (Å²) in [5, 5.41) is 8.50. The number of fused-ring (bicyclic) bond motifs is 2. The van der Waals surface area contributed by atoms with Crippen LogP contribution in [0.4, 0.5) is 8.78 Å². The van der Waals surface area contributed by atoms with Crippen LogP contribution in [0, 0.1) is 5.95 Å². The molecule has 5 heterocycles. The third-order valence-corrected chi connectivity index (χ3v) is 7.41. The monoisotopic (exact) mass is 575 g/mol. The van der Waals surface area contributed by atoms with Gasteiger partial charge in [0.05, 0.1) is 24.1 Å². The van der Waals surface area contributed by atoms with Gasteiger partial charge in [-0.25, -0.2) is 18.7 Å². The van der Waals surface area contributed by atoms with Crippen molar-refractivity contribution < 1.29 is 8.78 Å². The number of nitrogens with zero attached hydrogens (tertiary/aromatic N) is 6. The van der Waals surface area contributed by atoms with Gasteiger partial charge in [0.1, 0.15) is 17.7 Å². The maximum absolute atomic E-state index is 15.7. The van der Waals surface area contributed by atoms with Gasteiger partial charge >= 0.3 is 5.69 Å². The number of hydrogen-bond donors (Lipinski definition) is 1. The lowest BCUT2D eigenvalue weighted by Gasteiger charge is -2.30. The predicted octanol–water partition coefficient (Wildman–Crippen LogP) is 3.57. The number of halogens is 4. The van der Waals surface area contributed by atoms with Crippen LogP contribution in [0.1, 0.15) is 18.4 Å². The minimum absolute atomic E-state index is 0. The highest BCUT2D eigenvalue weighted by Gasteiger charge is 2.33. The van der Waals surface area contributed by atoms with E-state index in [2.05, 4.69) is 15.4 Å². The normalized spacial score (nSPS) is 15.1. The van der Waals surface area contributed by atoms with Gasteiger partial charge in [0, 0.05) is 47.0 Å². The van der Waals surface area contributed by atoms with Crippen LogP contribution in [0.15, 0.2) is 58.6 Å². The van der Waals surface area contributed by atoms with E-state index >= 15 is 8.78 Å². The van der Waals surface area contributed by atoms with Crippen LogP contribution in [0.2, 0.25) is 5.02 Å². The lowest BCUT2D eigenvalue weighted by Crippen LogP contribution is -2.41. The van der Waals surface area contributed by atoms with Crippen LogP contribution in [-0.2, 0) is 20.1 Å². The maximum Gasteiger partial charge on any atom is 0.331 e. The standard InChI is InChI=1S/C26H24ClF2N7O2.ClH/c1-33-8-3-21(37)35(25(33)38)13-17-11-20-22(31-15-32-36(20)24(17)28)19-12-18(27)10-16-2-9-34(23(16)19)14-26(29)4-6-30-7-5-26;/h2-3,8-12,15,30H,4-7,13-14H2,1H3;1H. The number of aryl methyl sites for hydroxylation is 1. The average Bonchev–Trinajstić information content (AvgIpc) is 3.44. The van der Waals surface area contributed by atoms with Gasteiger partial charge in [-0.3, -0.25) is 9.36 Å². The molecule has 0 aliphatic carbocycles. The number of hydrogen-bond acceptors (Lipinski definition) is 5. The van der Waals surface area contributed by atoms with E-state index in [-0.39, 0.29) is 31.1 Å². The summed E-state index contributed by atoms with van der Waals surface area (Å²) in [5.74, 6) is -0.715. The lowest BCUT2D eigenvalue weighted by molar-refractivity contribution is 0.0955. The number of piperidine rings is 1. The molecule has 0 spiro atoms. The molecule has 5 aromatic rings. The Labute approximate surface area is 232 Å². The lowest BCUT2D eigenvalue weighted by atomic mass is 9.94. The molecule has 13 heteroatoms. The topological polar surface area (TPSA) is 91.2 Å². The zero-order valence-corrected chi connectivity index (χ0v) is 22.5. The first-order valence-corrected chi connectivity index (χ1v) is 12.6. The Kier molecular flexibility index (Phi) is 7.08. The molecule has 0 saturated carbocycles.